The molecule has 2 amide bonds. The third-order valence-corrected chi connectivity index (χ3v) is 4.94. The van der Waals surface area contributed by atoms with E-state index in [1.807, 2.05) is 13.8 Å². The second-order valence-corrected chi connectivity index (χ2v) is 7.39. The zero-order valence-electron chi connectivity index (χ0n) is 13.9. The average Bonchev–Trinajstić information content (AvgIpc) is 2.95. The van der Waals surface area contributed by atoms with Crippen LogP contribution in [0, 0.1) is 6.92 Å². The summed E-state index contributed by atoms with van der Waals surface area (Å²) in [4.78, 5) is 24.9. The highest BCUT2D eigenvalue weighted by atomic mass is 35.5. The van der Waals surface area contributed by atoms with Crippen molar-refractivity contribution in [2.75, 3.05) is 5.75 Å². The third-order valence-electron chi connectivity index (χ3n) is 3.21. The molecule has 25 heavy (non-hydrogen) atoms. The summed E-state index contributed by atoms with van der Waals surface area (Å²) in [7, 11) is 0. The van der Waals surface area contributed by atoms with Gasteiger partial charge in [0.05, 0.1) is 16.5 Å². The van der Waals surface area contributed by atoms with E-state index in [4.69, 9.17) is 27.7 Å². The molecule has 6 nitrogen and oxygen atoms in total. The Morgan fingerprint density at radius 3 is 2.68 bits per heavy atom. The lowest BCUT2D eigenvalue weighted by Gasteiger charge is -2.09. The molecule has 2 N–H and O–H groups in total. The minimum Gasteiger partial charge on any atom is -0.360 e. The molecule has 0 spiro atoms. The summed E-state index contributed by atoms with van der Waals surface area (Å²) < 4.78 is 5.16. The van der Waals surface area contributed by atoms with Gasteiger partial charge in [-0.25, -0.2) is 0 Å². The zero-order valence-corrected chi connectivity index (χ0v) is 16.2. The van der Waals surface area contributed by atoms with E-state index in [9.17, 15) is 9.59 Å². The smallest absolute Gasteiger partial charge is 0.275 e. The molecule has 0 radical (unpaired) electrons. The predicted molar refractivity (Wildman–Crippen MR) is 98.1 cm³/mol. The van der Waals surface area contributed by atoms with Crippen molar-refractivity contribution >= 4 is 46.8 Å². The number of amides is 2. The van der Waals surface area contributed by atoms with Gasteiger partial charge in [-0.3, -0.25) is 20.4 Å². The van der Waals surface area contributed by atoms with E-state index in [2.05, 4.69) is 16.0 Å². The first-order chi connectivity index (χ1) is 11.8. The van der Waals surface area contributed by atoms with Gasteiger partial charge in [-0.05, 0) is 25.1 Å². The van der Waals surface area contributed by atoms with Crippen LogP contribution < -0.4 is 10.9 Å². The van der Waals surface area contributed by atoms with Crippen LogP contribution in [0.15, 0.2) is 27.6 Å². The van der Waals surface area contributed by atoms with Crippen LogP contribution in [0.25, 0.3) is 0 Å². The Morgan fingerprint density at radius 2 is 2.00 bits per heavy atom. The van der Waals surface area contributed by atoms with Gasteiger partial charge in [-0.15, -0.1) is 11.8 Å². The van der Waals surface area contributed by atoms with Crippen molar-refractivity contribution < 1.29 is 14.1 Å². The molecule has 9 heteroatoms. The van der Waals surface area contributed by atoms with Crippen LogP contribution in [0.4, 0.5) is 0 Å². The molecule has 0 saturated carbocycles. The number of nitrogens with zero attached hydrogens (tertiary/aromatic N) is 1. The molecule has 0 atom stereocenters. The normalized spacial score (nSPS) is 10.8. The predicted octanol–water partition coefficient (Wildman–Crippen LogP) is 3.97. The van der Waals surface area contributed by atoms with Crippen molar-refractivity contribution in [1.29, 1.82) is 0 Å². The van der Waals surface area contributed by atoms with Gasteiger partial charge < -0.3 is 4.52 Å². The van der Waals surface area contributed by atoms with Gasteiger partial charge in [0.2, 0.25) is 5.91 Å². The van der Waals surface area contributed by atoms with E-state index in [-0.39, 0.29) is 17.6 Å². The maximum absolute atomic E-state index is 12.3. The van der Waals surface area contributed by atoms with Crippen molar-refractivity contribution in [2.24, 2.45) is 0 Å². The molecular formula is C16H17Cl2N3O3S. The molecule has 0 unspecified atom stereocenters. The molecule has 2 aromatic rings. The Hall–Kier alpha value is -1.70. The van der Waals surface area contributed by atoms with Crippen LogP contribution in [-0.2, 0) is 4.79 Å². The quantitative estimate of drug-likeness (QED) is 0.584. The highest BCUT2D eigenvalue weighted by molar-refractivity contribution is 8.00. The largest absolute Gasteiger partial charge is 0.360 e. The number of carbonyl (C=O) groups excluding carboxylic acids is 2. The minimum atomic E-state index is -0.471. The van der Waals surface area contributed by atoms with Crippen LogP contribution in [-0.4, -0.2) is 22.7 Å². The fraction of sp³-hybridized carbons (Fsp3) is 0.312. The van der Waals surface area contributed by atoms with Crippen LogP contribution in [0.3, 0.4) is 0 Å². The summed E-state index contributed by atoms with van der Waals surface area (Å²) >= 11 is 13.2. The third kappa shape index (κ3) is 5.14. The number of hydrogen-bond acceptors (Lipinski definition) is 5. The monoisotopic (exact) mass is 401 g/mol. The number of nitrogens with one attached hydrogen (secondary N) is 2. The van der Waals surface area contributed by atoms with Gasteiger partial charge in [0.25, 0.3) is 5.91 Å². The molecule has 0 aliphatic rings. The van der Waals surface area contributed by atoms with Crippen molar-refractivity contribution in [3.8, 4) is 0 Å². The zero-order chi connectivity index (χ0) is 18.6. The van der Waals surface area contributed by atoms with Crippen molar-refractivity contribution in [2.45, 2.75) is 31.6 Å². The summed E-state index contributed by atoms with van der Waals surface area (Å²) in [5.74, 6) is -0.307. The number of carbonyl (C=O) groups is 2. The van der Waals surface area contributed by atoms with Crippen molar-refractivity contribution in [3.63, 3.8) is 0 Å². The van der Waals surface area contributed by atoms with Gasteiger partial charge in [0.1, 0.15) is 5.56 Å². The highest BCUT2D eigenvalue weighted by Crippen LogP contribution is 2.29. The molecular weight excluding hydrogens is 385 g/mol. The van der Waals surface area contributed by atoms with E-state index in [0.717, 1.165) is 0 Å². The molecule has 0 bridgehead atoms. The second kappa shape index (κ2) is 8.60. The maximum atomic E-state index is 12.3. The number of halogens is 2. The number of thioether (sulfide) groups is 1. The maximum Gasteiger partial charge on any atom is 0.275 e. The van der Waals surface area contributed by atoms with Crippen molar-refractivity contribution in [3.05, 3.63) is 45.3 Å². The standard InChI is InChI=1S/C16H17Cl2N3O3S/c1-8(2)15-14(9(3)21-24-15)16(23)20-19-13(22)7-25-12-6-10(17)4-5-11(12)18/h4-6,8H,7H2,1-3H3,(H,19,22)(H,20,23). The fourth-order valence-electron chi connectivity index (χ4n) is 2.01. The van der Waals surface area contributed by atoms with E-state index in [0.29, 0.717) is 32.0 Å². The molecule has 2 rings (SSSR count). The number of aromatic nitrogens is 1. The lowest BCUT2D eigenvalue weighted by atomic mass is 10.1. The second-order valence-electron chi connectivity index (χ2n) is 5.53. The first-order valence-corrected chi connectivity index (χ1v) is 9.17. The minimum absolute atomic E-state index is 0.00169. The van der Waals surface area contributed by atoms with Crippen LogP contribution >= 0.6 is 35.0 Å². The Morgan fingerprint density at radius 1 is 1.28 bits per heavy atom. The summed E-state index contributed by atoms with van der Waals surface area (Å²) in [6.45, 7) is 5.45. The van der Waals surface area contributed by atoms with Crippen LogP contribution in [0.1, 0.15) is 41.6 Å². The number of hydrogen-bond donors (Lipinski definition) is 2. The number of aryl methyl sites for hydroxylation is 1. The van der Waals surface area contributed by atoms with Gasteiger partial charge >= 0.3 is 0 Å². The van der Waals surface area contributed by atoms with E-state index in [1.54, 1.807) is 25.1 Å². The molecule has 1 heterocycles. The molecule has 0 aliphatic heterocycles. The van der Waals surface area contributed by atoms with Gasteiger partial charge in [-0.2, -0.15) is 0 Å². The molecule has 0 aliphatic carbocycles. The lowest BCUT2D eigenvalue weighted by molar-refractivity contribution is -0.119. The number of benzene rings is 1. The Kier molecular flexibility index (Phi) is 6.75. The molecule has 1 aromatic heterocycles. The summed E-state index contributed by atoms with van der Waals surface area (Å²) in [6.07, 6.45) is 0. The van der Waals surface area contributed by atoms with E-state index in [1.165, 1.54) is 11.8 Å². The summed E-state index contributed by atoms with van der Waals surface area (Å²) in [5.41, 5.74) is 5.54. The van der Waals surface area contributed by atoms with E-state index >= 15 is 0 Å². The Balaban J connectivity index is 1.91. The average molecular weight is 402 g/mol. The lowest BCUT2D eigenvalue weighted by Crippen LogP contribution is -2.43. The molecule has 134 valence electrons. The number of hydrazine groups is 1. The van der Waals surface area contributed by atoms with Crippen molar-refractivity contribution in [1.82, 2.24) is 16.0 Å². The first-order valence-electron chi connectivity index (χ1n) is 7.42. The highest BCUT2D eigenvalue weighted by Gasteiger charge is 2.22. The van der Waals surface area contributed by atoms with Crippen LogP contribution in [0.5, 0.6) is 0 Å². The summed E-state index contributed by atoms with van der Waals surface area (Å²) in [5, 5.41) is 4.84. The topological polar surface area (TPSA) is 84.2 Å². The fourth-order valence-corrected chi connectivity index (χ4v) is 3.31. The van der Waals surface area contributed by atoms with Crippen LogP contribution in [0.2, 0.25) is 10.0 Å². The Bertz CT molecular complexity index is 793. The van der Waals surface area contributed by atoms with Gasteiger partial charge in [0.15, 0.2) is 5.76 Å². The molecule has 1 aromatic carbocycles. The van der Waals surface area contributed by atoms with Gasteiger partial charge in [0, 0.05) is 15.8 Å². The molecule has 0 saturated heterocycles. The summed E-state index contributed by atoms with van der Waals surface area (Å²) in [6, 6.07) is 5.01. The van der Waals surface area contributed by atoms with E-state index < -0.39 is 5.91 Å². The Labute approximate surface area is 159 Å². The number of rotatable bonds is 5. The SMILES string of the molecule is Cc1noc(C(C)C)c1C(=O)NNC(=O)CSc1cc(Cl)ccc1Cl. The molecule has 0 fully saturated rings. The first kappa shape index (κ1) is 19.6. The van der Waals surface area contributed by atoms with Gasteiger partial charge in [-0.1, -0.05) is 42.2 Å².